The number of fused-ring (bicyclic) bond motifs is 1. The Bertz CT molecular complexity index is 782. The van der Waals surface area contributed by atoms with Gasteiger partial charge in [-0.05, 0) is 42.3 Å². The highest BCUT2D eigenvalue weighted by Crippen LogP contribution is 2.17. The summed E-state index contributed by atoms with van der Waals surface area (Å²) in [7, 11) is 0. The van der Waals surface area contributed by atoms with Crippen LogP contribution in [0.15, 0.2) is 48.7 Å². The molecule has 3 aromatic rings. The average Bonchev–Trinajstić information content (AvgIpc) is 2.93. The average molecular weight is 283 g/mol. The van der Waals surface area contributed by atoms with Crippen molar-refractivity contribution >= 4 is 22.5 Å². The third kappa shape index (κ3) is 3.25. The van der Waals surface area contributed by atoms with Crippen LogP contribution in [0.4, 0.5) is 10.1 Å². The Morgan fingerprint density at radius 2 is 2.14 bits per heavy atom. The van der Waals surface area contributed by atoms with Crippen LogP contribution in [0.5, 0.6) is 0 Å². The number of hydrogen-bond acceptors (Lipinski definition) is 2. The highest BCUT2D eigenvalue weighted by Gasteiger charge is 2.05. The molecular formula is C16H14FN3O. The van der Waals surface area contributed by atoms with E-state index in [1.807, 2.05) is 24.3 Å². The Morgan fingerprint density at radius 1 is 1.24 bits per heavy atom. The van der Waals surface area contributed by atoms with Gasteiger partial charge in [-0.1, -0.05) is 12.1 Å². The SMILES string of the molecule is O=C(CCc1cccc(F)c1)Nc1ccc2cn[nH]c2c1. The zero-order valence-electron chi connectivity index (χ0n) is 11.3. The topological polar surface area (TPSA) is 57.8 Å². The molecule has 0 aliphatic carbocycles. The van der Waals surface area contributed by atoms with Crippen molar-refractivity contribution in [3.8, 4) is 0 Å². The summed E-state index contributed by atoms with van der Waals surface area (Å²) in [6, 6.07) is 11.9. The summed E-state index contributed by atoms with van der Waals surface area (Å²) in [5, 5.41) is 10.6. The van der Waals surface area contributed by atoms with Crippen LogP contribution in [0.2, 0.25) is 0 Å². The quantitative estimate of drug-likeness (QED) is 0.772. The smallest absolute Gasteiger partial charge is 0.224 e. The molecule has 1 amide bonds. The number of hydrogen-bond donors (Lipinski definition) is 2. The fourth-order valence-electron chi connectivity index (χ4n) is 2.19. The van der Waals surface area contributed by atoms with E-state index in [0.29, 0.717) is 12.8 Å². The van der Waals surface area contributed by atoms with Crippen LogP contribution in [0, 0.1) is 5.82 Å². The molecule has 0 bridgehead atoms. The van der Waals surface area contributed by atoms with Crippen molar-refractivity contribution in [3.63, 3.8) is 0 Å². The summed E-state index contributed by atoms with van der Waals surface area (Å²) in [5.74, 6) is -0.379. The van der Waals surface area contributed by atoms with E-state index in [-0.39, 0.29) is 11.7 Å². The van der Waals surface area contributed by atoms with Gasteiger partial charge in [-0.15, -0.1) is 0 Å². The number of rotatable bonds is 4. The van der Waals surface area contributed by atoms with E-state index in [2.05, 4.69) is 15.5 Å². The maximum atomic E-state index is 13.0. The number of aryl methyl sites for hydroxylation is 1. The highest BCUT2D eigenvalue weighted by atomic mass is 19.1. The van der Waals surface area contributed by atoms with Crippen molar-refractivity contribution in [3.05, 3.63) is 60.0 Å². The molecule has 5 heteroatoms. The predicted octanol–water partition coefficient (Wildman–Crippen LogP) is 3.27. The second kappa shape index (κ2) is 5.75. The van der Waals surface area contributed by atoms with Gasteiger partial charge in [0.1, 0.15) is 5.82 Å². The summed E-state index contributed by atoms with van der Waals surface area (Å²) < 4.78 is 13.0. The monoisotopic (exact) mass is 283 g/mol. The second-order valence-electron chi connectivity index (χ2n) is 4.85. The molecule has 106 valence electrons. The zero-order valence-corrected chi connectivity index (χ0v) is 11.3. The third-order valence-corrected chi connectivity index (χ3v) is 3.26. The van der Waals surface area contributed by atoms with Gasteiger partial charge in [0.15, 0.2) is 0 Å². The molecule has 0 unspecified atom stereocenters. The molecule has 2 N–H and O–H groups in total. The fourth-order valence-corrected chi connectivity index (χ4v) is 2.19. The number of benzene rings is 2. The predicted molar refractivity (Wildman–Crippen MR) is 79.4 cm³/mol. The molecule has 1 aromatic heterocycles. The van der Waals surface area contributed by atoms with Gasteiger partial charge in [0, 0.05) is 17.5 Å². The number of aromatic amines is 1. The summed E-state index contributed by atoms with van der Waals surface area (Å²) in [6.45, 7) is 0. The summed E-state index contributed by atoms with van der Waals surface area (Å²) >= 11 is 0. The van der Waals surface area contributed by atoms with Gasteiger partial charge in [-0.25, -0.2) is 4.39 Å². The molecule has 0 saturated carbocycles. The maximum Gasteiger partial charge on any atom is 0.224 e. The van der Waals surface area contributed by atoms with E-state index in [1.54, 1.807) is 12.3 Å². The number of anilines is 1. The van der Waals surface area contributed by atoms with Crippen LogP contribution in [0.1, 0.15) is 12.0 Å². The molecule has 1 heterocycles. The minimum Gasteiger partial charge on any atom is -0.326 e. The van der Waals surface area contributed by atoms with Crippen LogP contribution in [0.3, 0.4) is 0 Å². The van der Waals surface area contributed by atoms with Gasteiger partial charge in [-0.2, -0.15) is 5.10 Å². The normalized spacial score (nSPS) is 10.7. The largest absolute Gasteiger partial charge is 0.326 e. The lowest BCUT2D eigenvalue weighted by molar-refractivity contribution is -0.116. The van der Waals surface area contributed by atoms with E-state index < -0.39 is 0 Å². The summed E-state index contributed by atoms with van der Waals surface area (Å²) in [4.78, 5) is 11.9. The Hall–Kier alpha value is -2.69. The molecule has 0 radical (unpaired) electrons. The summed E-state index contributed by atoms with van der Waals surface area (Å²) in [6.07, 6.45) is 2.55. The highest BCUT2D eigenvalue weighted by molar-refractivity contribution is 5.93. The summed E-state index contributed by atoms with van der Waals surface area (Å²) in [5.41, 5.74) is 2.41. The number of nitrogens with zero attached hydrogens (tertiary/aromatic N) is 1. The van der Waals surface area contributed by atoms with Crippen molar-refractivity contribution in [2.45, 2.75) is 12.8 Å². The van der Waals surface area contributed by atoms with Gasteiger partial charge >= 0.3 is 0 Å². The Balaban J connectivity index is 1.60. The van der Waals surface area contributed by atoms with E-state index in [4.69, 9.17) is 0 Å². The number of carbonyl (C=O) groups excluding carboxylic acids is 1. The van der Waals surface area contributed by atoms with E-state index in [0.717, 1.165) is 22.2 Å². The van der Waals surface area contributed by atoms with Crippen molar-refractivity contribution in [2.24, 2.45) is 0 Å². The third-order valence-electron chi connectivity index (χ3n) is 3.26. The lowest BCUT2D eigenvalue weighted by Crippen LogP contribution is -2.12. The van der Waals surface area contributed by atoms with E-state index in [1.165, 1.54) is 12.1 Å². The molecule has 21 heavy (non-hydrogen) atoms. The van der Waals surface area contributed by atoms with Crippen LogP contribution >= 0.6 is 0 Å². The molecule has 0 aliphatic rings. The molecule has 0 fully saturated rings. The number of amides is 1. The lowest BCUT2D eigenvalue weighted by Gasteiger charge is -2.05. The molecule has 3 rings (SSSR count). The lowest BCUT2D eigenvalue weighted by atomic mass is 10.1. The molecule has 0 saturated heterocycles. The first-order chi connectivity index (χ1) is 10.2. The number of aromatic nitrogens is 2. The van der Waals surface area contributed by atoms with E-state index >= 15 is 0 Å². The van der Waals surface area contributed by atoms with Crippen LogP contribution in [-0.4, -0.2) is 16.1 Å². The van der Waals surface area contributed by atoms with Gasteiger partial charge in [-0.3, -0.25) is 9.89 Å². The Morgan fingerprint density at radius 3 is 3.00 bits per heavy atom. The fraction of sp³-hybridized carbons (Fsp3) is 0.125. The first-order valence-electron chi connectivity index (χ1n) is 6.68. The minimum atomic E-state index is -0.280. The minimum absolute atomic E-state index is 0.0990. The van der Waals surface area contributed by atoms with Gasteiger partial charge in [0.05, 0.1) is 11.7 Å². The maximum absolute atomic E-state index is 13.0. The van der Waals surface area contributed by atoms with Crippen LogP contribution in [-0.2, 0) is 11.2 Å². The van der Waals surface area contributed by atoms with Crippen molar-refractivity contribution < 1.29 is 9.18 Å². The van der Waals surface area contributed by atoms with E-state index in [9.17, 15) is 9.18 Å². The Labute approximate surface area is 121 Å². The first-order valence-corrected chi connectivity index (χ1v) is 6.68. The number of nitrogens with one attached hydrogen (secondary N) is 2. The molecule has 0 aliphatic heterocycles. The second-order valence-corrected chi connectivity index (χ2v) is 4.85. The number of carbonyl (C=O) groups is 1. The van der Waals surface area contributed by atoms with Gasteiger partial charge in [0.25, 0.3) is 0 Å². The number of halogens is 1. The van der Waals surface area contributed by atoms with Crippen LogP contribution < -0.4 is 5.32 Å². The molecule has 4 nitrogen and oxygen atoms in total. The van der Waals surface area contributed by atoms with Gasteiger partial charge in [0.2, 0.25) is 5.91 Å². The van der Waals surface area contributed by atoms with Crippen molar-refractivity contribution in [1.29, 1.82) is 0 Å². The molecule has 2 aromatic carbocycles. The van der Waals surface area contributed by atoms with Crippen molar-refractivity contribution in [2.75, 3.05) is 5.32 Å². The zero-order chi connectivity index (χ0) is 14.7. The molecular weight excluding hydrogens is 269 g/mol. The molecule has 0 spiro atoms. The van der Waals surface area contributed by atoms with Gasteiger partial charge < -0.3 is 5.32 Å². The Kier molecular flexibility index (Phi) is 3.64. The molecule has 0 atom stereocenters. The van der Waals surface area contributed by atoms with Crippen molar-refractivity contribution in [1.82, 2.24) is 10.2 Å². The first kappa shape index (κ1) is 13.3. The number of H-pyrrole nitrogens is 1. The standard InChI is InChI=1S/C16H14FN3O/c17-13-3-1-2-11(8-13)4-7-16(21)19-14-6-5-12-10-18-20-15(12)9-14/h1-3,5-6,8-10H,4,7H2,(H,18,20)(H,19,21). The van der Waals surface area contributed by atoms with Crippen LogP contribution in [0.25, 0.3) is 10.9 Å².